The lowest BCUT2D eigenvalue weighted by Gasteiger charge is -2.18. The molecule has 88 valence electrons. The molecule has 0 spiro atoms. The van der Waals surface area contributed by atoms with E-state index >= 15 is 0 Å². The Balaban J connectivity index is 2.22. The van der Waals surface area contributed by atoms with Gasteiger partial charge >= 0.3 is 0 Å². The van der Waals surface area contributed by atoms with Crippen LogP contribution < -0.4 is 5.73 Å². The molecule has 0 aliphatic heterocycles. The van der Waals surface area contributed by atoms with Gasteiger partial charge in [-0.15, -0.1) is 0 Å². The van der Waals surface area contributed by atoms with Gasteiger partial charge in [-0.05, 0) is 44.7 Å². The molecule has 1 aliphatic carbocycles. The van der Waals surface area contributed by atoms with Gasteiger partial charge in [-0.25, -0.2) is 4.39 Å². The third kappa shape index (κ3) is 2.64. The molecule has 0 saturated heterocycles. The summed E-state index contributed by atoms with van der Waals surface area (Å²) in [7, 11) is 0. The summed E-state index contributed by atoms with van der Waals surface area (Å²) >= 11 is 3.43. The van der Waals surface area contributed by atoms with E-state index < -0.39 is 5.67 Å². The Bertz CT molecular complexity index is 405. The van der Waals surface area contributed by atoms with Crippen molar-refractivity contribution in [3.63, 3.8) is 0 Å². The van der Waals surface area contributed by atoms with Gasteiger partial charge in [0.2, 0.25) is 0 Å². The minimum Gasteiger partial charge on any atom is -0.325 e. The van der Waals surface area contributed by atoms with Crippen molar-refractivity contribution < 1.29 is 4.39 Å². The largest absolute Gasteiger partial charge is 0.325 e. The standard InChI is InChI=1S/C13H17BrFN/c1-12(2,15)10-4-3-9(7-11(10)14)8-13(16)5-6-13/h3-4,7H,5-6,8,16H2,1-2H3. The molecule has 3 heteroatoms. The topological polar surface area (TPSA) is 26.0 Å². The van der Waals surface area contributed by atoms with E-state index in [2.05, 4.69) is 15.9 Å². The number of alkyl halides is 1. The average Bonchev–Trinajstić information content (AvgIpc) is 2.80. The highest BCUT2D eigenvalue weighted by atomic mass is 79.9. The first-order valence-corrected chi connectivity index (χ1v) is 6.36. The van der Waals surface area contributed by atoms with Gasteiger partial charge in [0.05, 0.1) is 0 Å². The fraction of sp³-hybridized carbons (Fsp3) is 0.538. The molecule has 0 unspecified atom stereocenters. The van der Waals surface area contributed by atoms with E-state index in [1.54, 1.807) is 13.8 Å². The second kappa shape index (κ2) is 3.81. The lowest BCUT2D eigenvalue weighted by atomic mass is 9.96. The Morgan fingerprint density at radius 3 is 2.50 bits per heavy atom. The van der Waals surface area contributed by atoms with Crippen molar-refractivity contribution in [3.05, 3.63) is 33.8 Å². The number of hydrogen-bond acceptors (Lipinski definition) is 1. The van der Waals surface area contributed by atoms with Gasteiger partial charge in [-0.3, -0.25) is 0 Å². The van der Waals surface area contributed by atoms with E-state index in [0.29, 0.717) is 5.56 Å². The third-order valence-electron chi connectivity index (χ3n) is 3.12. The first kappa shape index (κ1) is 12.1. The fourth-order valence-electron chi connectivity index (χ4n) is 1.89. The van der Waals surface area contributed by atoms with Crippen LogP contribution in [-0.2, 0) is 12.1 Å². The predicted molar refractivity (Wildman–Crippen MR) is 68.1 cm³/mol. The van der Waals surface area contributed by atoms with Crippen molar-refractivity contribution in [2.45, 2.75) is 44.3 Å². The van der Waals surface area contributed by atoms with Crippen LogP contribution in [-0.4, -0.2) is 5.54 Å². The molecule has 1 fully saturated rings. The molecule has 0 aromatic heterocycles. The molecule has 0 heterocycles. The number of halogens is 2. The van der Waals surface area contributed by atoms with E-state index in [4.69, 9.17) is 5.73 Å². The van der Waals surface area contributed by atoms with Gasteiger partial charge in [0.25, 0.3) is 0 Å². The molecule has 1 aromatic rings. The van der Waals surface area contributed by atoms with Crippen molar-refractivity contribution in [2.24, 2.45) is 5.73 Å². The Morgan fingerprint density at radius 1 is 1.44 bits per heavy atom. The Kier molecular flexibility index (Phi) is 2.87. The molecule has 1 saturated carbocycles. The van der Waals surface area contributed by atoms with Crippen molar-refractivity contribution in [2.75, 3.05) is 0 Å². The highest BCUT2D eigenvalue weighted by molar-refractivity contribution is 9.10. The number of rotatable bonds is 3. The van der Waals surface area contributed by atoms with Crippen LogP contribution in [0.4, 0.5) is 4.39 Å². The monoisotopic (exact) mass is 285 g/mol. The van der Waals surface area contributed by atoms with E-state index in [-0.39, 0.29) is 5.54 Å². The lowest BCUT2D eigenvalue weighted by Crippen LogP contribution is -2.24. The summed E-state index contributed by atoms with van der Waals surface area (Å²) in [6.07, 6.45) is 3.08. The Morgan fingerprint density at radius 2 is 2.06 bits per heavy atom. The second-order valence-electron chi connectivity index (χ2n) is 5.33. The maximum atomic E-state index is 13.8. The van der Waals surface area contributed by atoms with Crippen LogP contribution in [0.2, 0.25) is 0 Å². The van der Waals surface area contributed by atoms with Gasteiger partial charge in [-0.2, -0.15) is 0 Å². The molecule has 1 nitrogen and oxygen atoms in total. The summed E-state index contributed by atoms with van der Waals surface area (Å²) in [6.45, 7) is 3.14. The van der Waals surface area contributed by atoms with E-state index in [9.17, 15) is 4.39 Å². The van der Waals surface area contributed by atoms with Crippen molar-refractivity contribution >= 4 is 15.9 Å². The van der Waals surface area contributed by atoms with Crippen LogP contribution >= 0.6 is 15.9 Å². The molecule has 1 aromatic carbocycles. The van der Waals surface area contributed by atoms with Crippen molar-refractivity contribution in [1.29, 1.82) is 0 Å². The highest BCUT2D eigenvalue weighted by Crippen LogP contribution is 2.37. The van der Waals surface area contributed by atoms with Crippen LogP contribution in [0.1, 0.15) is 37.8 Å². The van der Waals surface area contributed by atoms with E-state index in [1.807, 2.05) is 18.2 Å². The van der Waals surface area contributed by atoms with Crippen LogP contribution in [0.25, 0.3) is 0 Å². The predicted octanol–water partition coefficient (Wildman–Crippen LogP) is 3.69. The summed E-state index contributed by atoms with van der Waals surface area (Å²) < 4.78 is 14.6. The summed E-state index contributed by atoms with van der Waals surface area (Å²) in [5.74, 6) is 0. The van der Waals surface area contributed by atoms with Gasteiger partial charge < -0.3 is 5.73 Å². The van der Waals surface area contributed by atoms with Crippen molar-refractivity contribution in [1.82, 2.24) is 0 Å². The lowest BCUT2D eigenvalue weighted by molar-refractivity contribution is 0.220. The maximum Gasteiger partial charge on any atom is 0.131 e. The first-order chi connectivity index (χ1) is 7.30. The average molecular weight is 286 g/mol. The summed E-state index contributed by atoms with van der Waals surface area (Å²) in [6, 6.07) is 5.82. The first-order valence-electron chi connectivity index (χ1n) is 5.57. The molecule has 16 heavy (non-hydrogen) atoms. The SMILES string of the molecule is CC(C)(F)c1ccc(CC2(N)CC2)cc1Br. The van der Waals surface area contributed by atoms with Crippen LogP contribution in [0.15, 0.2) is 22.7 Å². The minimum atomic E-state index is -1.31. The van der Waals surface area contributed by atoms with Crippen molar-refractivity contribution in [3.8, 4) is 0 Å². The highest BCUT2D eigenvalue weighted by Gasteiger charge is 2.38. The second-order valence-corrected chi connectivity index (χ2v) is 6.18. The summed E-state index contributed by atoms with van der Waals surface area (Å²) in [4.78, 5) is 0. The van der Waals surface area contributed by atoms with E-state index in [0.717, 1.165) is 23.7 Å². The van der Waals surface area contributed by atoms with Crippen LogP contribution in [0.5, 0.6) is 0 Å². The number of benzene rings is 1. The zero-order valence-electron chi connectivity index (χ0n) is 9.69. The molecule has 0 bridgehead atoms. The Hall–Kier alpha value is -0.410. The molecule has 1 aliphatic rings. The normalized spacial score (nSPS) is 18.6. The third-order valence-corrected chi connectivity index (χ3v) is 3.78. The summed E-state index contributed by atoms with van der Waals surface area (Å²) in [5, 5.41) is 0. The van der Waals surface area contributed by atoms with E-state index in [1.165, 1.54) is 5.56 Å². The minimum absolute atomic E-state index is 0.00614. The van der Waals surface area contributed by atoms with Gasteiger partial charge in [0.1, 0.15) is 5.67 Å². The van der Waals surface area contributed by atoms with Gasteiger partial charge in [-0.1, -0.05) is 28.1 Å². The number of nitrogens with two attached hydrogens (primary N) is 1. The smallest absolute Gasteiger partial charge is 0.131 e. The molecule has 2 N–H and O–H groups in total. The molecule has 2 rings (SSSR count). The van der Waals surface area contributed by atoms with Crippen LogP contribution in [0, 0.1) is 0 Å². The zero-order valence-corrected chi connectivity index (χ0v) is 11.3. The fourth-order valence-corrected chi connectivity index (χ4v) is 2.79. The molecule has 0 amide bonds. The van der Waals surface area contributed by atoms with Gasteiger partial charge in [0, 0.05) is 15.6 Å². The number of hydrogen-bond donors (Lipinski definition) is 1. The maximum absolute atomic E-state index is 13.8. The quantitative estimate of drug-likeness (QED) is 0.901. The summed E-state index contributed by atoms with van der Waals surface area (Å²) in [5.41, 5.74) is 6.63. The van der Waals surface area contributed by atoms with Crippen LogP contribution in [0.3, 0.4) is 0 Å². The Labute approximate surface area is 104 Å². The van der Waals surface area contributed by atoms with Gasteiger partial charge in [0.15, 0.2) is 0 Å². The molecular formula is C13H17BrFN. The molecule has 0 atom stereocenters. The zero-order chi connectivity index (χ0) is 12.0. The molecular weight excluding hydrogens is 269 g/mol. The molecule has 0 radical (unpaired) electrons.